The highest BCUT2D eigenvalue weighted by Crippen LogP contribution is 2.33. The minimum absolute atomic E-state index is 0.0248. The van der Waals surface area contributed by atoms with E-state index >= 15 is 0 Å². The molecule has 4 aliphatic rings. The maximum atomic E-state index is 14.4. The molecule has 16 nitrogen and oxygen atoms in total. The van der Waals surface area contributed by atoms with Crippen molar-refractivity contribution in [3.8, 4) is 45.6 Å². The molecule has 60 heavy (non-hydrogen) atoms. The van der Waals surface area contributed by atoms with E-state index in [1.807, 2.05) is 21.8 Å². The van der Waals surface area contributed by atoms with Gasteiger partial charge >= 0.3 is 0 Å². The number of hydrogen-bond acceptors (Lipinski definition) is 12. The second-order valence-corrected chi connectivity index (χ2v) is 15.6. The highest BCUT2D eigenvalue weighted by Gasteiger charge is 2.26. The summed E-state index contributed by atoms with van der Waals surface area (Å²) in [6, 6.07) is 2.82. The van der Waals surface area contributed by atoms with Crippen LogP contribution in [-0.4, -0.2) is 116 Å². The molecule has 0 saturated carbocycles. The van der Waals surface area contributed by atoms with Crippen molar-refractivity contribution in [1.82, 2.24) is 59.7 Å². The standard InChI is InChI=1S/2C21H25FN6O2/c1-29-21-18(22)8-16(11-24-21)28-19-4-7-30-6-3-17(19)20(26-28)15-10-25-27(13-15)12-14-2-5-23-9-14;1-29-21-18(22)8-16(11-24-21)28-20(17-3-6-30-7-4-19(17)26-28)15-10-25-27(13-15)12-14-2-5-23-9-14/h2*8,10-11,13-14,23H,2-7,9,12H2,1H3. The number of halogens is 2. The third kappa shape index (κ3) is 8.41. The van der Waals surface area contributed by atoms with Gasteiger partial charge in [-0.1, -0.05) is 0 Å². The quantitative estimate of drug-likeness (QED) is 0.205. The molecule has 18 heteroatoms. The first-order chi connectivity index (χ1) is 29.4. The highest BCUT2D eigenvalue weighted by molar-refractivity contribution is 5.66. The Morgan fingerprint density at radius 2 is 1.25 bits per heavy atom. The Bertz CT molecular complexity index is 2410. The monoisotopic (exact) mass is 824 g/mol. The van der Waals surface area contributed by atoms with Gasteiger partial charge in [-0.25, -0.2) is 28.1 Å². The minimum Gasteiger partial charge on any atom is -0.479 e. The van der Waals surface area contributed by atoms with E-state index in [9.17, 15) is 8.78 Å². The van der Waals surface area contributed by atoms with Crippen LogP contribution in [0, 0.1) is 23.5 Å². The lowest BCUT2D eigenvalue weighted by molar-refractivity contribution is 0.145. The van der Waals surface area contributed by atoms with Crippen molar-refractivity contribution in [3.05, 3.63) is 83.5 Å². The number of fused-ring (bicyclic) bond motifs is 2. The van der Waals surface area contributed by atoms with E-state index in [1.165, 1.54) is 32.8 Å². The van der Waals surface area contributed by atoms with Gasteiger partial charge in [-0.15, -0.1) is 0 Å². The summed E-state index contributed by atoms with van der Waals surface area (Å²) < 4.78 is 57.5. The van der Waals surface area contributed by atoms with Crippen LogP contribution in [0.5, 0.6) is 11.8 Å². The molecule has 2 unspecified atom stereocenters. The molecule has 10 heterocycles. The van der Waals surface area contributed by atoms with Gasteiger partial charge in [0.1, 0.15) is 0 Å². The van der Waals surface area contributed by atoms with E-state index in [1.54, 1.807) is 21.8 Å². The molecule has 2 fully saturated rings. The summed E-state index contributed by atoms with van der Waals surface area (Å²) in [5.41, 5.74) is 9.14. The van der Waals surface area contributed by atoms with Gasteiger partial charge in [-0.05, 0) is 63.7 Å². The van der Waals surface area contributed by atoms with Crippen LogP contribution in [0.3, 0.4) is 0 Å². The lowest BCUT2D eigenvalue weighted by Gasteiger charge is -2.10. The Labute approximate surface area is 346 Å². The van der Waals surface area contributed by atoms with Crippen molar-refractivity contribution < 1.29 is 27.7 Å². The third-order valence-electron chi connectivity index (χ3n) is 11.6. The Kier molecular flexibility index (Phi) is 11.9. The first-order valence-corrected chi connectivity index (χ1v) is 20.7. The van der Waals surface area contributed by atoms with Crippen LogP contribution < -0.4 is 20.1 Å². The average Bonchev–Trinajstić information content (AvgIpc) is 4.13. The number of pyridine rings is 2. The van der Waals surface area contributed by atoms with Gasteiger partial charge in [0.15, 0.2) is 11.6 Å². The second kappa shape index (κ2) is 18.0. The SMILES string of the molecule is COc1ncc(-n2nc(-c3cnn(CC4CCNC4)c3)c3c2CCOCC3)cc1F.COc1ncc(-n2nc3c(c2-c2cnn(CC4CCNC4)c2)CCOCC3)cc1F. The summed E-state index contributed by atoms with van der Waals surface area (Å²) in [5.74, 6) is 0.119. The zero-order valence-corrected chi connectivity index (χ0v) is 33.9. The van der Waals surface area contributed by atoms with E-state index in [-0.39, 0.29) is 11.8 Å². The summed E-state index contributed by atoms with van der Waals surface area (Å²) in [5, 5.41) is 25.6. The molecular weight excluding hydrogens is 775 g/mol. The Hall–Kier alpha value is -5.56. The molecule has 6 aromatic heterocycles. The molecular formula is C42H50F2N12O4. The zero-order chi connectivity index (χ0) is 41.0. The number of hydrogen-bond donors (Lipinski definition) is 2. The van der Waals surface area contributed by atoms with Crippen molar-refractivity contribution in [2.24, 2.45) is 11.8 Å². The maximum absolute atomic E-state index is 14.4. The van der Waals surface area contributed by atoms with Gasteiger partial charge < -0.3 is 29.6 Å². The average molecular weight is 825 g/mol. The molecule has 0 spiro atoms. The maximum Gasteiger partial charge on any atom is 0.250 e. The number of ether oxygens (including phenoxy) is 4. The van der Waals surface area contributed by atoms with Crippen LogP contribution in [0.25, 0.3) is 33.9 Å². The molecule has 2 atom stereocenters. The molecule has 0 aromatic carbocycles. The fourth-order valence-electron chi connectivity index (χ4n) is 8.59. The number of nitrogens with zero attached hydrogens (tertiary/aromatic N) is 10. The molecule has 0 bridgehead atoms. The van der Waals surface area contributed by atoms with Crippen LogP contribution in [0.1, 0.15) is 35.4 Å². The van der Waals surface area contributed by atoms with E-state index < -0.39 is 11.6 Å². The molecule has 6 aromatic rings. The summed E-state index contributed by atoms with van der Waals surface area (Å²) >= 11 is 0. The zero-order valence-electron chi connectivity index (χ0n) is 33.9. The molecule has 4 aliphatic heterocycles. The lowest BCUT2D eigenvalue weighted by Crippen LogP contribution is -2.14. The number of aromatic nitrogens is 10. The van der Waals surface area contributed by atoms with E-state index in [0.29, 0.717) is 56.1 Å². The molecule has 0 aliphatic carbocycles. The predicted molar refractivity (Wildman–Crippen MR) is 217 cm³/mol. The van der Waals surface area contributed by atoms with Crippen LogP contribution in [0.4, 0.5) is 8.78 Å². The van der Waals surface area contributed by atoms with Crippen LogP contribution >= 0.6 is 0 Å². The predicted octanol–water partition coefficient (Wildman–Crippen LogP) is 4.01. The molecule has 316 valence electrons. The van der Waals surface area contributed by atoms with Gasteiger partial charge in [0.05, 0.1) is 99.6 Å². The minimum atomic E-state index is -0.514. The highest BCUT2D eigenvalue weighted by atomic mass is 19.1. The van der Waals surface area contributed by atoms with E-state index in [4.69, 9.17) is 29.1 Å². The van der Waals surface area contributed by atoms with Crippen molar-refractivity contribution in [1.29, 1.82) is 0 Å². The van der Waals surface area contributed by atoms with Crippen LogP contribution in [0.15, 0.2) is 49.3 Å². The number of rotatable bonds is 10. The summed E-state index contributed by atoms with van der Waals surface area (Å²) in [4.78, 5) is 8.17. The Morgan fingerprint density at radius 3 is 1.85 bits per heavy atom. The number of methoxy groups -OCH3 is 2. The van der Waals surface area contributed by atoms with E-state index in [2.05, 4.69) is 43.2 Å². The largest absolute Gasteiger partial charge is 0.479 e. The van der Waals surface area contributed by atoms with E-state index in [0.717, 1.165) is 110 Å². The molecule has 0 amide bonds. The van der Waals surface area contributed by atoms with Crippen molar-refractivity contribution in [3.63, 3.8) is 0 Å². The smallest absolute Gasteiger partial charge is 0.250 e. The fourth-order valence-corrected chi connectivity index (χ4v) is 8.59. The Balaban J connectivity index is 0.000000154. The lowest BCUT2D eigenvalue weighted by atomic mass is 10.0. The summed E-state index contributed by atoms with van der Waals surface area (Å²) in [6.07, 6.45) is 16.3. The Morgan fingerprint density at radius 1 is 0.683 bits per heavy atom. The molecule has 2 N–H and O–H groups in total. The molecule has 0 radical (unpaired) electrons. The third-order valence-corrected chi connectivity index (χ3v) is 11.6. The first-order valence-electron chi connectivity index (χ1n) is 20.7. The van der Waals surface area contributed by atoms with Crippen molar-refractivity contribution in [2.75, 3.05) is 66.8 Å². The van der Waals surface area contributed by atoms with Gasteiger partial charge in [-0.2, -0.15) is 20.4 Å². The van der Waals surface area contributed by atoms with Gasteiger partial charge in [0, 0.05) is 72.7 Å². The van der Waals surface area contributed by atoms with Crippen LogP contribution in [-0.2, 0) is 48.2 Å². The normalized spacial score (nSPS) is 18.9. The van der Waals surface area contributed by atoms with Crippen molar-refractivity contribution >= 4 is 0 Å². The van der Waals surface area contributed by atoms with Crippen molar-refractivity contribution in [2.45, 2.75) is 51.6 Å². The summed E-state index contributed by atoms with van der Waals surface area (Å²) in [7, 11) is 2.81. The summed E-state index contributed by atoms with van der Waals surface area (Å²) in [6.45, 7) is 8.50. The fraction of sp³-hybridized carbons (Fsp3) is 0.476. The molecule has 10 rings (SSSR count). The second-order valence-electron chi connectivity index (χ2n) is 15.6. The number of nitrogens with one attached hydrogen (secondary N) is 2. The topological polar surface area (TPSA) is 158 Å². The first kappa shape index (κ1) is 39.9. The van der Waals surface area contributed by atoms with Gasteiger partial charge in [0.25, 0.3) is 0 Å². The van der Waals surface area contributed by atoms with Gasteiger partial charge in [-0.3, -0.25) is 9.36 Å². The van der Waals surface area contributed by atoms with Crippen LogP contribution in [0.2, 0.25) is 0 Å². The molecule has 2 saturated heterocycles. The van der Waals surface area contributed by atoms with Gasteiger partial charge in [0.2, 0.25) is 11.8 Å².